The maximum atomic E-state index is 9.88. The zero-order valence-corrected chi connectivity index (χ0v) is 6.54. The molecule has 0 radical (unpaired) electrons. The lowest BCUT2D eigenvalue weighted by Crippen LogP contribution is -2.11. The van der Waals surface area contributed by atoms with Gasteiger partial charge < -0.3 is 5.11 Å². The lowest BCUT2D eigenvalue weighted by molar-refractivity contribution is -0.133. The molecule has 0 heterocycles. The maximum Gasteiger partial charge on any atom is 0.314 e. The van der Waals surface area contributed by atoms with Crippen molar-refractivity contribution in [1.82, 2.24) is 4.72 Å². The predicted octanol–water partition coefficient (Wildman–Crippen LogP) is 0.239. The summed E-state index contributed by atoms with van der Waals surface area (Å²) in [5, 5.41) is 8.13. The first-order valence-corrected chi connectivity index (χ1v) is 4.06. The monoisotopic (exact) mass is 167 g/mol. The number of carboxylic acids is 1. The topological polar surface area (TPSA) is 49.3 Å². The van der Waals surface area contributed by atoms with Crippen LogP contribution in [0.25, 0.3) is 0 Å². The minimum absolute atomic E-state index is 0.105. The van der Waals surface area contributed by atoms with Gasteiger partial charge in [0.25, 0.3) is 0 Å². The Bertz CT molecular complexity index is 88.6. The Labute approximate surface area is 63.8 Å². The van der Waals surface area contributed by atoms with Crippen LogP contribution in [0, 0.1) is 0 Å². The van der Waals surface area contributed by atoms with Crippen molar-refractivity contribution in [2.45, 2.75) is 0 Å². The second-order valence-corrected chi connectivity index (χ2v) is 2.61. The minimum atomic E-state index is -0.799. The first-order chi connectivity index (χ1) is 4.27. The van der Waals surface area contributed by atoms with Gasteiger partial charge >= 0.3 is 5.97 Å². The van der Waals surface area contributed by atoms with Crippen LogP contribution in [-0.4, -0.2) is 29.1 Å². The molecule has 0 aliphatic carbocycles. The smallest absolute Gasteiger partial charge is 0.314 e. The second kappa shape index (κ2) is 6.25. The van der Waals surface area contributed by atoms with Crippen molar-refractivity contribution in [1.29, 1.82) is 0 Å². The van der Waals surface area contributed by atoms with Crippen LogP contribution < -0.4 is 4.72 Å². The Morgan fingerprint density at radius 1 is 1.78 bits per heavy atom. The molecule has 3 nitrogen and oxygen atoms in total. The first kappa shape index (κ1) is 9.13. The zero-order chi connectivity index (χ0) is 7.11. The third kappa shape index (κ3) is 8.13. The molecular weight excluding hydrogens is 158 g/mol. The van der Waals surface area contributed by atoms with Gasteiger partial charge in [0, 0.05) is 12.3 Å². The molecule has 5 heteroatoms. The van der Waals surface area contributed by atoms with Crippen LogP contribution in [0.15, 0.2) is 0 Å². The van der Waals surface area contributed by atoms with E-state index in [9.17, 15) is 4.79 Å². The van der Waals surface area contributed by atoms with E-state index in [0.29, 0.717) is 0 Å². The number of hydrogen-bond donors (Lipinski definition) is 3. The maximum absolute atomic E-state index is 9.88. The quantitative estimate of drug-likeness (QED) is 0.312. The van der Waals surface area contributed by atoms with Crippen LogP contribution in [-0.2, 0) is 4.79 Å². The molecule has 0 unspecified atom stereocenters. The molecule has 2 N–H and O–H groups in total. The van der Waals surface area contributed by atoms with E-state index in [-0.39, 0.29) is 5.75 Å². The van der Waals surface area contributed by atoms with Crippen molar-refractivity contribution in [3.05, 3.63) is 0 Å². The standard InChI is InChI=1S/C4H9NO2S2/c6-4(7)3-9-5-1-2-8/h5,8H,1-3H2,(H,6,7). The summed E-state index contributed by atoms with van der Waals surface area (Å²) in [5.41, 5.74) is 0. The lowest BCUT2D eigenvalue weighted by Gasteiger charge is -1.96. The summed E-state index contributed by atoms with van der Waals surface area (Å²) in [5.74, 6) is 0.0343. The molecular formula is C4H9NO2S2. The fourth-order valence-electron chi connectivity index (χ4n) is 0.231. The Morgan fingerprint density at radius 3 is 2.89 bits per heavy atom. The average Bonchev–Trinajstić information content (AvgIpc) is 1.80. The fourth-order valence-corrected chi connectivity index (χ4v) is 0.966. The average molecular weight is 167 g/mol. The van der Waals surface area contributed by atoms with E-state index in [1.165, 1.54) is 11.9 Å². The highest BCUT2D eigenvalue weighted by molar-refractivity contribution is 7.98. The first-order valence-electron chi connectivity index (χ1n) is 2.44. The van der Waals surface area contributed by atoms with E-state index in [4.69, 9.17) is 5.11 Å². The molecule has 0 bridgehead atoms. The summed E-state index contributed by atoms with van der Waals surface area (Å²) < 4.78 is 2.83. The fraction of sp³-hybridized carbons (Fsp3) is 0.750. The molecule has 0 atom stereocenters. The van der Waals surface area contributed by atoms with Crippen LogP contribution in [0.1, 0.15) is 0 Å². The highest BCUT2D eigenvalue weighted by Gasteiger charge is 1.93. The Hall–Kier alpha value is 0.130. The molecule has 0 saturated carbocycles. The highest BCUT2D eigenvalue weighted by Crippen LogP contribution is 1.90. The molecule has 0 amide bonds. The van der Waals surface area contributed by atoms with Crippen LogP contribution in [0.2, 0.25) is 0 Å². The second-order valence-electron chi connectivity index (χ2n) is 1.30. The summed E-state index contributed by atoms with van der Waals surface area (Å²) >= 11 is 5.11. The number of hydrogen-bond acceptors (Lipinski definition) is 4. The number of thiol groups is 1. The summed E-state index contributed by atoms with van der Waals surface area (Å²) in [6.07, 6.45) is 0. The van der Waals surface area contributed by atoms with E-state index >= 15 is 0 Å². The molecule has 0 aromatic rings. The number of carboxylic acid groups (broad SMARTS) is 1. The van der Waals surface area contributed by atoms with Gasteiger partial charge in [-0.15, -0.1) is 0 Å². The van der Waals surface area contributed by atoms with Gasteiger partial charge in [-0.05, 0) is 0 Å². The Morgan fingerprint density at radius 2 is 2.44 bits per heavy atom. The minimum Gasteiger partial charge on any atom is -0.481 e. The number of carbonyl (C=O) groups is 1. The lowest BCUT2D eigenvalue weighted by atomic mass is 10.8. The predicted molar refractivity (Wildman–Crippen MR) is 41.9 cm³/mol. The van der Waals surface area contributed by atoms with Crippen molar-refractivity contribution < 1.29 is 9.90 Å². The van der Waals surface area contributed by atoms with E-state index in [2.05, 4.69) is 17.4 Å². The Balaban J connectivity index is 2.83. The molecule has 0 aromatic heterocycles. The van der Waals surface area contributed by atoms with E-state index in [1.807, 2.05) is 0 Å². The van der Waals surface area contributed by atoms with Crippen molar-refractivity contribution in [3.63, 3.8) is 0 Å². The summed E-state index contributed by atoms with van der Waals surface area (Å²) in [6.45, 7) is 0.737. The van der Waals surface area contributed by atoms with Crippen LogP contribution in [0.3, 0.4) is 0 Å². The van der Waals surface area contributed by atoms with Crippen LogP contribution in [0.5, 0.6) is 0 Å². The van der Waals surface area contributed by atoms with Gasteiger partial charge in [0.05, 0.1) is 0 Å². The van der Waals surface area contributed by atoms with Gasteiger partial charge in [0.2, 0.25) is 0 Å². The van der Waals surface area contributed by atoms with E-state index < -0.39 is 5.97 Å². The van der Waals surface area contributed by atoms with Crippen molar-refractivity contribution in [3.8, 4) is 0 Å². The van der Waals surface area contributed by atoms with Gasteiger partial charge in [0.15, 0.2) is 0 Å². The normalized spacial score (nSPS) is 9.44. The third-order valence-corrected chi connectivity index (χ3v) is 1.53. The van der Waals surface area contributed by atoms with Crippen LogP contribution in [0.4, 0.5) is 0 Å². The molecule has 0 fully saturated rings. The number of nitrogens with one attached hydrogen (secondary N) is 1. The van der Waals surface area contributed by atoms with Crippen LogP contribution >= 0.6 is 24.6 Å². The molecule has 0 saturated heterocycles. The van der Waals surface area contributed by atoms with E-state index in [0.717, 1.165) is 12.3 Å². The van der Waals surface area contributed by atoms with Gasteiger partial charge in [-0.25, -0.2) is 0 Å². The van der Waals surface area contributed by atoms with Crippen molar-refractivity contribution >= 4 is 30.5 Å². The highest BCUT2D eigenvalue weighted by atomic mass is 32.2. The molecule has 0 rings (SSSR count). The van der Waals surface area contributed by atoms with Gasteiger partial charge in [-0.1, -0.05) is 11.9 Å². The largest absolute Gasteiger partial charge is 0.481 e. The third-order valence-electron chi connectivity index (χ3n) is 0.512. The van der Waals surface area contributed by atoms with Crippen molar-refractivity contribution in [2.75, 3.05) is 18.1 Å². The van der Waals surface area contributed by atoms with Crippen molar-refractivity contribution in [2.24, 2.45) is 0 Å². The molecule has 0 spiro atoms. The molecule has 9 heavy (non-hydrogen) atoms. The summed E-state index contributed by atoms with van der Waals surface area (Å²) in [4.78, 5) is 9.88. The number of rotatable bonds is 5. The van der Waals surface area contributed by atoms with Gasteiger partial charge in [-0.3, -0.25) is 9.52 Å². The van der Waals surface area contributed by atoms with Gasteiger partial charge in [0.1, 0.15) is 5.75 Å². The van der Waals surface area contributed by atoms with Gasteiger partial charge in [-0.2, -0.15) is 12.6 Å². The number of aliphatic carboxylic acids is 1. The summed E-state index contributed by atoms with van der Waals surface area (Å²) in [6, 6.07) is 0. The Kier molecular flexibility index (Phi) is 6.34. The molecule has 54 valence electrons. The van der Waals surface area contributed by atoms with E-state index in [1.54, 1.807) is 0 Å². The molecule has 0 aliphatic rings. The molecule has 0 aliphatic heterocycles. The summed E-state index contributed by atoms with van der Waals surface area (Å²) in [7, 11) is 0. The SMILES string of the molecule is O=C(O)CSNCCS. The molecule has 0 aromatic carbocycles. The zero-order valence-electron chi connectivity index (χ0n) is 4.83.